The molecule has 1 amide bonds. The molecule has 1 heterocycles. The second-order valence-electron chi connectivity index (χ2n) is 3.95. The van der Waals surface area contributed by atoms with Crippen LogP contribution in [0.15, 0.2) is 36.5 Å². The van der Waals surface area contributed by atoms with Crippen LogP contribution in [0.25, 0.3) is 0 Å². The van der Waals surface area contributed by atoms with E-state index in [4.69, 9.17) is 5.26 Å². The van der Waals surface area contributed by atoms with Crippen LogP contribution in [0.1, 0.15) is 21.6 Å². The van der Waals surface area contributed by atoms with Crippen molar-refractivity contribution in [1.82, 2.24) is 4.98 Å². The Balaban J connectivity index is 2.20. The van der Waals surface area contributed by atoms with Crippen LogP contribution in [0.2, 0.25) is 0 Å². The van der Waals surface area contributed by atoms with Gasteiger partial charge in [0, 0.05) is 17.6 Å². The van der Waals surface area contributed by atoms with Crippen molar-refractivity contribution in [1.29, 1.82) is 5.26 Å². The minimum atomic E-state index is -0.613. The quantitative estimate of drug-likeness (QED) is 0.897. The number of carbonyl (C=O) groups excluding carboxylic acids is 1. The topological polar surface area (TPSA) is 65.8 Å². The lowest BCUT2D eigenvalue weighted by atomic mass is 10.2. The number of benzene rings is 1. The summed E-state index contributed by atoms with van der Waals surface area (Å²) in [5, 5.41) is 11.3. The van der Waals surface area contributed by atoms with E-state index in [1.54, 1.807) is 18.2 Å². The minimum Gasteiger partial charge on any atom is -0.322 e. The molecule has 0 aliphatic heterocycles. The molecule has 2 rings (SSSR count). The van der Waals surface area contributed by atoms with Crippen molar-refractivity contribution in [2.75, 3.05) is 5.32 Å². The molecule has 2 aromatic rings. The Morgan fingerprint density at radius 1 is 1.37 bits per heavy atom. The number of carbonyl (C=O) groups is 1. The second-order valence-corrected chi connectivity index (χ2v) is 3.95. The second kappa shape index (κ2) is 5.27. The molecule has 0 fully saturated rings. The summed E-state index contributed by atoms with van der Waals surface area (Å²) in [6.07, 6.45) is 1.46. The monoisotopic (exact) mass is 255 g/mol. The zero-order chi connectivity index (χ0) is 13.8. The van der Waals surface area contributed by atoms with Gasteiger partial charge in [0.15, 0.2) is 0 Å². The number of anilines is 1. The fraction of sp³-hybridized carbons (Fsp3) is 0.0714. The van der Waals surface area contributed by atoms with E-state index in [0.29, 0.717) is 11.3 Å². The van der Waals surface area contributed by atoms with Crippen LogP contribution in [0, 0.1) is 24.1 Å². The molecule has 0 bridgehead atoms. The van der Waals surface area contributed by atoms with Crippen LogP contribution >= 0.6 is 0 Å². The van der Waals surface area contributed by atoms with Gasteiger partial charge in [-0.05, 0) is 37.3 Å². The summed E-state index contributed by atoms with van der Waals surface area (Å²) in [5.74, 6) is -0.972. The van der Waals surface area contributed by atoms with E-state index < -0.39 is 5.82 Å². The van der Waals surface area contributed by atoms with Gasteiger partial charge in [0.05, 0.1) is 11.1 Å². The number of aromatic nitrogens is 1. The third-order valence-corrected chi connectivity index (χ3v) is 2.52. The van der Waals surface area contributed by atoms with Crippen LogP contribution in [0.5, 0.6) is 0 Å². The molecule has 0 radical (unpaired) electrons. The highest BCUT2D eigenvalue weighted by molar-refractivity contribution is 6.04. The third kappa shape index (κ3) is 2.93. The highest BCUT2D eigenvalue weighted by Crippen LogP contribution is 2.15. The predicted molar refractivity (Wildman–Crippen MR) is 68.0 cm³/mol. The van der Waals surface area contributed by atoms with Crippen molar-refractivity contribution >= 4 is 11.6 Å². The van der Waals surface area contributed by atoms with Crippen molar-refractivity contribution in [2.24, 2.45) is 0 Å². The molecule has 0 spiro atoms. The van der Waals surface area contributed by atoms with Gasteiger partial charge >= 0.3 is 0 Å². The molecule has 0 aliphatic carbocycles. The van der Waals surface area contributed by atoms with Crippen LogP contribution in [0.4, 0.5) is 10.1 Å². The van der Waals surface area contributed by atoms with Gasteiger partial charge in [0.2, 0.25) is 0 Å². The zero-order valence-electron chi connectivity index (χ0n) is 10.1. The van der Waals surface area contributed by atoms with E-state index in [-0.39, 0.29) is 11.5 Å². The summed E-state index contributed by atoms with van der Waals surface area (Å²) in [7, 11) is 0. The maximum atomic E-state index is 13.1. The molecule has 1 aromatic carbocycles. The number of nitrogens with zero attached hydrogens (tertiary/aromatic N) is 2. The van der Waals surface area contributed by atoms with Crippen molar-refractivity contribution in [3.63, 3.8) is 0 Å². The lowest BCUT2D eigenvalue weighted by molar-refractivity contribution is 0.102. The predicted octanol–water partition coefficient (Wildman–Crippen LogP) is 2.65. The first-order chi connectivity index (χ1) is 9.10. The largest absolute Gasteiger partial charge is 0.322 e. The molecule has 19 heavy (non-hydrogen) atoms. The van der Waals surface area contributed by atoms with Crippen LogP contribution in [-0.4, -0.2) is 10.9 Å². The molecule has 5 heteroatoms. The number of halogens is 1. The van der Waals surface area contributed by atoms with E-state index in [1.165, 1.54) is 18.3 Å². The van der Waals surface area contributed by atoms with Gasteiger partial charge in [0.25, 0.3) is 5.91 Å². The highest BCUT2D eigenvalue weighted by atomic mass is 19.1. The Hall–Kier alpha value is -2.74. The van der Waals surface area contributed by atoms with Gasteiger partial charge in [-0.3, -0.25) is 9.78 Å². The van der Waals surface area contributed by atoms with E-state index >= 15 is 0 Å². The molecule has 4 nitrogen and oxygen atoms in total. The summed E-state index contributed by atoms with van der Waals surface area (Å²) in [5.41, 5.74) is 1.46. The van der Waals surface area contributed by atoms with Gasteiger partial charge in [-0.1, -0.05) is 0 Å². The molecule has 0 aliphatic rings. The smallest absolute Gasteiger partial charge is 0.257 e. The molecule has 94 valence electrons. The lowest BCUT2D eigenvalue weighted by Crippen LogP contribution is -2.12. The third-order valence-electron chi connectivity index (χ3n) is 2.52. The summed E-state index contributed by atoms with van der Waals surface area (Å²) < 4.78 is 13.1. The molecule has 0 atom stereocenters. The van der Waals surface area contributed by atoms with E-state index in [1.807, 2.05) is 6.92 Å². The molecule has 1 N–H and O–H groups in total. The van der Waals surface area contributed by atoms with Crippen molar-refractivity contribution in [2.45, 2.75) is 6.92 Å². The zero-order valence-corrected chi connectivity index (χ0v) is 10.1. The number of nitrogens with one attached hydrogen (secondary N) is 1. The standard InChI is InChI=1S/C14H10FN3O/c1-9-2-3-10(8-17-9)14(19)18-12-4-5-13(15)11(6-12)7-16/h2-6,8H,1H3,(H,18,19). The molecule has 1 aromatic heterocycles. The Bertz CT molecular complexity index is 659. The number of nitriles is 1. The van der Waals surface area contributed by atoms with Gasteiger partial charge < -0.3 is 5.32 Å². The molecule has 0 saturated heterocycles. The first kappa shape index (κ1) is 12.7. The van der Waals surface area contributed by atoms with E-state index in [9.17, 15) is 9.18 Å². The highest BCUT2D eigenvalue weighted by Gasteiger charge is 2.08. The fourth-order valence-corrected chi connectivity index (χ4v) is 1.49. The maximum absolute atomic E-state index is 13.1. The van der Waals surface area contributed by atoms with Gasteiger partial charge in [0.1, 0.15) is 11.9 Å². The van der Waals surface area contributed by atoms with Gasteiger partial charge in [-0.25, -0.2) is 4.39 Å². The average molecular weight is 255 g/mol. The Labute approximate surface area is 109 Å². The molecular weight excluding hydrogens is 245 g/mol. The number of hydrogen-bond acceptors (Lipinski definition) is 3. The average Bonchev–Trinajstić information content (AvgIpc) is 2.41. The molecular formula is C14H10FN3O. The summed E-state index contributed by atoms with van der Waals surface area (Å²) in [6, 6.07) is 8.91. The van der Waals surface area contributed by atoms with Gasteiger partial charge in [-0.2, -0.15) is 5.26 Å². The number of pyridine rings is 1. The SMILES string of the molecule is Cc1ccc(C(=O)Nc2ccc(F)c(C#N)c2)cn1. The molecule has 0 saturated carbocycles. The van der Waals surface area contributed by atoms with Crippen LogP contribution in [-0.2, 0) is 0 Å². The Kier molecular flexibility index (Phi) is 3.53. The van der Waals surface area contributed by atoms with E-state index in [2.05, 4.69) is 10.3 Å². The normalized spacial score (nSPS) is 9.74. The lowest BCUT2D eigenvalue weighted by Gasteiger charge is -2.05. The number of aryl methyl sites for hydroxylation is 1. The summed E-state index contributed by atoms with van der Waals surface area (Å²) >= 11 is 0. The number of rotatable bonds is 2. The first-order valence-corrected chi connectivity index (χ1v) is 5.54. The minimum absolute atomic E-state index is 0.111. The maximum Gasteiger partial charge on any atom is 0.257 e. The van der Waals surface area contributed by atoms with Gasteiger partial charge in [-0.15, -0.1) is 0 Å². The molecule has 0 unspecified atom stereocenters. The summed E-state index contributed by atoms with van der Waals surface area (Å²) in [6.45, 7) is 1.82. The number of hydrogen-bond donors (Lipinski definition) is 1. The number of amides is 1. The van der Waals surface area contributed by atoms with Crippen molar-refractivity contribution in [3.05, 3.63) is 59.2 Å². The first-order valence-electron chi connectivity index (χ1n) is 5.54. The van der Waals surface area contributed by atoms with Crippen molar-refractivity contribution in [3.8, 4) is 6.07 Å². The fourth-order valence-electron chi connectivity index (χ4n) is 1.49. The van der Waals surface area contributed by atoms with Crippen LogP contribution in [0.3, 0.4) is 0 Å². The Morgan fingerprint density at radius 3 is 2.79 bits per heavy atom. The van der Waals surface area contributed by atoms with Crippen molar-refractivity contribution < 1.29 is 9.18 Å². The Morgan fingerprint density at radius 2 is 2.16 bits per heavy atom. The van der Waals surface area contributed by atoms with Crippen LogP contribution < -0.4 is 5.32 Å². The van der Waals surface area contributed by atoms with E-state index in [0.717, 1.165) is 11.8 Å². The summed E-state index contributed by atoms with van der Waals surface area (Å²) in [4.78, 5) is 15.9.